The molecule has 0 amide bonds. The summed E-state index contributed by atoms with van der Waals surface area (Å²) in [4.78, 5) is 11.4. The first-order chi connectivity index (χ1) is 19.3. The van der Waals surface area contributed by atoms with E-state index in [4.69, 9.17) is 23.7 Å². The molecule has 2 aliphatic heterocycles. The molecule has 1 saturated carbocycles. The first kappa shape index (κ1) is 33.0. The molecule has 0 bridgehead atoms. The number of aliphatic hydroxyl groups excluding tert-OH is 1. The second kappa shape index (κ2) is 17.5. The highest BCUT2D eigenvalue weighted by Crippen LogP contribution is 2.41. The van der Waals surface area contributed by atoms with Crippen LogP contribution in [0.1, 0.15) is 104 Å². The van der Waals surface area contributed by atoms with E-state index in [1.165, 1.54) is 7.11 Å². The number of carbonyl (C=O) groups excluding carboxylic acids is 1. The largest absolute Gasteiger partial charge is 0.469 e. The summed E-state index contributed by atoms with van der Waals surface area (Å²) in [5.41, 5.74) is 3.15. The minimum Gasteiger partial charge on any atom is -0.469 e. The number of hydrogen-bond acceptors (Lipinski definition) is 7. The molecule has 3 aliphatic rings. The Morgan fingerprint density at radius 3 is 2.48 bits per heavy atom. The predicted molar refractivity (Wildman–Crippen MR) is 155 cm³/mol. The van der Waals surface area contributed by atoms with Crippen molar-refractivity contribution in [2.75, 3.05) is 20.3 Å². The number of hydrogen-bond donors (Lipinski definition) is 1. The Balaban J connectivity index is 1.77. The number of esters is 1. The van der Waals surface area contributed by atoms with Gasteiger partial charge in [-0.15, -0.1) is 5.73 Å². The average molecular weight is 563 g/mol. The van der Waals surface area contributed by atoms with Gasteiger partial charge in [-0.3, -0.25) is 4.79 Å². The lowest BCUT2D eigenvalue weighted by atomic mass is 9.80. The molecule has 2 heterocycles. The Bertz CT molecular complexity index is 819. The highest BCUT2D eigenvalue weighted by atomic mass is 16.7. The number of carbonyl (C=O) groups is 1. The molecule has 0 aromatic heterocycles. The van der Waals surface area contributed by atoms with Crippen molar-refractivity contribution in [2.24, 2.45) is 17.3 Å². The SMILES string of the molecule is CCCCC(C)(C)[C@@H](/C=C/[C@@H]1[C@@H](CC=C=CCCC(=O)OC)[C@H](O)C[C@H]1OC1CCCCO1)OC1CCCCO1. The van der Waals surface area contributed by atoms with Crippen LogP contribution in [0.3, 0.4) is 0 Å². The van der Waals surface area contributed by atoms with E-state index in [1.807, 2.05) is 12.2 Å². The lowest BCUT2D eigenvalue weighted by Crippen LogP contribution is -2.37. The van der Waals surface area contributed by atoms with Gasteiger partial charge in [0.05, 0.1) is 25.4 Å². The van der Waals surface area contributed by atoms with Gasteiger partial charge in [-0.1, -0.05) is 45.8 Å². The van der Waals surface area contributed by atoms with Gasteiger partial charge < -0.3 is 28.8 Å². The first-order valence-corrected chi connectivity index (χ1v) is 15.7. The maximum absolute atomic E-state index is 11.4. The van der Waals surface area contributed by atoms with E-state index in [0.29, 0.717) is 25.7 Å². The molecule has 0 aromatic carbocycles. The predicted octanol–water partition coefficient (Wildman–Crippen LogP) is 6.63. The van der Waals surface area contributed by atoms with E-state index < -0.39 is 6.10 Å². The van der Waals surface area contributed by atoms with Crippen LogP contribution in [0.2, 0.25) is 0 Å². The lowest BCUT2D eigenvalue weighted by molar-refractivity contribution is -0.198. The molecule has 7 nitrogen and oxygen atoms in total. The van der Waals surface area contributed by atoms with Crippen LogP contribution in [-0.2, 0) is 28.5 Å². The Hall–Kier alpha value is -1.47. The molecule has 0 spiro atoms. The molecule has 1 aliphatic carbocycles. The molecule has 0 aromatic rings. The van der Waals surface area contributed by atoms with Crippen molar-refractivity contribution in [1.82, 2.24) is 0 Å². The van der Waals surface area contributed by atoms with Gasteiger partial charge in [0.25, 0.3) is 0 Å². The lowest BCUT2D eigenvalue weighted by Gasteiger charge is -2.36. The standard InChI is InChI=1S/C33H54O7/c1-5-6-21-33(2,3)29(40-32-18-12-14-23-38-32)20-19-26-25(15-9-7-8-10-16-30(35)36-4)27(34)24-28(26)39-31-17-11-13-22-37-31/h8-9,19-20,25-29,31-32,34H,5-6,10-18,21-24H2,1-4H3/b20-19+/t7?,25-,26-,27-,28-,29-,31?,32?/m1/s1. The maximum atomic E-state index is 11.4. The van der Waals surface area contributed by atoms with Crippen molar-refractivity contribution in [3.05, 3.63) is 30.0 Å². The average Bonchev–Trinajstić information content (AvgIpc) is 3.25. The van der Waals surface area contributed by atoms with Gasteiger partial charge >= 0.3 is 5.97 Å². The molecular weight excluding hydrogens is 508 g/mol. The zero-order valence-electron chi connectivity index (χ0n) is 25.4. The molecule has 40 heavy (non-hydrogen) atoms. The normalized spacial score (nSPS) is 30.1. The summed E-state index contributed by atoms with van der Waals surface area (Å²) < 4.78 is 29.7. The molecule has 7 heteroatoms. The van der Waals surface area contributed by atoms with Gasteiger partial charge in [0.15, 0.2) is 12.6 Å². The zero-order valence-corrected chi connectivity index (χ0v) is 25.4. The quantitative estimate of drug-likeness (QED) is 0.136. The van der Waals surface area contributed by atoms with Crippen molar-refractivity contribution >= 4 is 5.97 Å². The number of aliphatic hydroxyl groups is 1. The van der Waals surface area contributed by atoms with Crippen LogP contribution in [0.4, 0.5) is 0 Å². The van der Waals surface area contributed by atoms with E-state index in [-0.39, 0.29) is 48.0 Å². The number of methoxy groups -OCH3 is 1. The Kier molecular flexibility index (Phi) is 14.4. The van der Waals surface area contributed by atoms with Crippen molar-refractivity contribution in [1.29, 1.82) is 0 Å². The maximum Gasteiger partial charge on any atom is 0.305 e. The topological polar surface area (TPSA) is 83.5 Å². The van der Waals surface area contributed by atoms with E-state index in [1.54, 1.807) is 0 Å². The summed E-state index contributed by atoms with van der Waals surface area (Å²) in [5.74, 6) is -0.206. The van der Waals surface area contributed by atoms with Gasteiger partial charge in [0, 0.05) is 32.0 Å². The van der Waals surface area contributed by atoms with Crippen LogP contribution < -0.4 is 0 Å². The Labute approximate surface area is 242 Å². The van der Waals surface area contributed by atoms with Crippen LogP contribution in [0.5, 0.6) is 0 Å². The van der Waals surface area contributed by atoms with Crippen LogP contribution in [0, 0.1) is 17.3 Å². The van der Waals surface area contributed by atoms with E-state index in [0.717, 1.165) is 71.0 Å². The minimum atomic E-state index is -0.481. The summed E-state index contributed by atoms with van der Waals surface area (Å²) in [6, 6.07) is 0. The molecule has 2 unspecified atom stereocenters. The molecule has 228 valence electrons. The fourth-order valence-electron chi connectivity index (χ4n) is 5.98. The molecule has 0 radical (unpaired) electrons. The first-order valence-electron chi connectivity index (χ1n) is 15.7. The second-order valence-electron chi connectivity index (χ2n) is 12.3. The highest BCUT2D eigenvalue weighted by Gasteiger charge is 2.43. The highest BCUT2D eigenvalue weighted by molar-refractivity contribution is 5.69. The smallest absolute Gasteiger partial charge is 0.305 e. The third-order valence-corrected chi connectivity index (χ3v) is 8.59. The van der Waals surface area contributed by atoms with Gasteiger partial charge in [0.1, 0.15) is 0 Å². The van der Waals surface area contributed by atoms with Crippen LogP contribution >= 0.6 is 0 Å². The fourth-order valence-corrected chi connectivity index (χ4v) is 5.98. The van der Waals surface area contributed by atoms with E-state index in [2.05, 4.69) is 38.7 Å². The van der Waals surface area contributed by atoms with Gasteiger partial charge in [-0.05, 0) is 81.3 Å². The number of unbranched alkanes of at least 4 members (excludes halogenated alkanes) is 1. The molecule has 3 fully saturated rings. The monoisotopic (exact) mass is 562 g/mol. The summed E-state index contributed by atoms with van der Waals surface area (Å²) in [6.07, 6.45) is 19.0. The Morgan fingerprint density at radius 1 is 1.10 bits per heavy atom. The molecule has 1 N–H and O–H groups in total. The van der Waals surface area contributed by atoms with Gasteiger partial charge in [0.2, 0.25) is 0 Å². The molecule has 2 saturated heterocycles. The minimum absolute atomic E-state index is 0.00307. The van der Waals surface area contributed by atoms with Crippen molar-refractivity contribution < 1.29 is 33.6 Å². The van der Waals surface area contributed by atoms with Gasteiger partial charge in [-0.25, -0.2) is 0 Å². The second-order valence-corrected chi connectivity index (χ2v) is 12.3. The number of ether oxygens (including phenoxy) is 5. The van der Waals surface area contributed by atoms with Crippen LogP contribution in [0.25, 0.3) is 0 Å². The summed E-state index contributed by atoms with van der Waals surface area (Å²) in [7, 11) is 1.40. The van der Waals surface area contributed by atoms with Crippen LogP contribution in [0.15, 0.2) is 30.0 Å². The van der Waals surface area contributed by atoms with Crippen molar-refractivity contribution in [2.45, 2.75) is 135 Å². The Morgan fingerprint density at radius 2 is 1.82 bits per heavy atom. The number of rotatable bonds is 15. The molecule has 7 atom stereocenters. The summed E-state index contributed by atoms with van der Waals surface area (Å²) in [6.45, 7) is 8.28. The van der Waals surface area contributed by atoms with Crippen molar-refractivity contribution in [3.63, 3.8) is 0 Å². The van der Waals surface area contributed by atoms with E-state index in [9.17, 15) is 9.90 Å². The fraction of sp³-hybridized carbons (Fsp3) is 0.818. The van der Waals surface area contributed by atoms with Crippen molar-refractivity contribution in [3.8, 4) is 0 Å². The summed E-state index contributed by atoms with van der Waals surface area (Å²) in [5, 5.41) is 11.1. The van der Waals surface area contributed by atoms with Crippen LogP contribution in [-0.4, -0.2) is 62.3 Å². The molecular formula is C33H54O7. The number of allylic oxidation sites excluding steroid dienone is 1. The third-order valence-electron chi connectivity index (χ3n) is 8.59. The van der Waals surface area contributed by atoms with Gasteiger partial charge in [-0.2, -0.15) is 0 Å². The zero-order chi connectivity index (χ0) is 28.8. The van der Waals surface area contributed by atoms with E-state index >= 15 is 0 Å². The molecule has 3 rings (SSSR count). The summed E-state index contributed by atoms with van der Waals surface area (Å²) >= 11 is 0. The third kappa shape index (κ3) is 10.7.